The van der Waals surface area contributed by atoms with Crippen LogP contribution >= 0.6 is 11.6 Å². The molecule has 0 saturated carbocycles. The highest BCUT2D eigenvalue weighted by molar-refractivity contribution is 6.30. The summed E-state index contributed by atoms with van der Waals surface area (Å²) in [6.07, 6.45) is -0.170. The van der Waals surface area contributed by atoms with E-state index >= 15 is 0 Å². The molecule has 0 aliphatic rings. The minimum absolute atomic E-state index is 0.170. The molecule has 7 heteroatoms. The number of ether oxygens (including phenoxy) is 1. The number of anilines is 1. The number of Topliss-reactive ketones (excluding diaryl/α,β-unsaturated/α-hetero) is 2. The summed E-state index contributed by atoms with van der Waals surface area (Å²) in [6.45, 7) is -0.525. The highest BCUT2D eigenvalue weighted by Crippen LogP contribution is 2.17. The van der Waals surface area contributed by atoms with Gasteiger partial charge in [0.05, 0.1) is 0 Å². The minimum atomic E-state index is -1.02. The lowest BCUT2D eigenvalue weighted by Gasteiger charge is -2.18. The number of benzene rings is 3. The van der Waals surface area contributed by atoms with Gasteiger partial charge in [-0.25, -0.2) is 9.18 Å². The molecule has 1 atom stereocenters. The topological polar surface area (TPSA) is 72.5 Å². The van der Waals surface area contributed by atoms with E-state index in [4.69, 9.17) is 16.3 Å². The summed E-state index contributed by atoms with van der Waals surface area (Å²) in [5.74, 6) is -1.96. The van der Waals surface area contributed by atoms with Crippen molar-refractivity contribution in [3.63, 3.8) is 0 Å². The standard InChI is InChI=1S/C24H19ClFNO4/c25-18-8-12-20(13-9-18)27-21(14-22(28)16-4-2-1-3-5-16)24(30)31-15-23(29)17-6-10-19(26)11-7-17/h1-13,21,27H,14-15H2/t21-/m0/s1. The Balaban J connectivity index is 1.70. The molecule has 3 aromatic rings. The first kappa shape index (κ1) is 22.2. The Morgan fingerprint density at radius 1 is 0.839 bits per heavy atom. The van der Waals surface area contributed by atoms with Gasteiger partial charge in [0.25, 0.3) is 0 Å². The molecule has 0 fully saturated rings. The third-order valence-corrected chi connectivity index (χ3v) is 4.72. The van der Waals surface area contributed by atoms with Crippen LogP contribution in [0.15, 0.2) is 78.9 Å². The monoisotopic (exact) mass is 439 g/mol. The van der Waals surface area contributed by atoms with Crippen LogP contribution in [0.25, 0.3) is 0 Å². The third kappa shape index (κ3) is 6.49. The molecule has 3 rings (SSSR count). The number of esters is 1. The molecule has 0 saturated heterocycles. The first-order valence-corrected chi connectivity index (χ1v) is 9.86. The Labute approximate surface area is 183 Å². The Kier molecular flexibility index (Phi) is 7.51. The van der Waals surface area contributed by atoms with Gasteiger partial charge in [-0.05, 0) is 48.5 Å². The largest absolute Gasteiger partial charge is 0.456 e. The molecular weight excluding hydrogens is 421 g/mol. The Hall–Kier alpha value is -3.51. The lowest BCUT2D eigenvalue weighted by Crippen LogP contribution is -2.34. The number of carbonyl (C=O) groups is 3. The van der Waals surface area contributed by atoms with Gasteiger partial charge in [0.2, 0.25) is 0 Å². The van der Waals surface area contributed by atoms with Crippen molar-refractivity contribution in [2.45, 2.75) is 12.5 Å². The summed E-state index contributed by atoms with van der Waals surface area (Å²) in [4.78, 5) is 37.5. The fourth-order valence-electron chi connectivity index (χ4n) is 2.82. The fraction of sp³-hybridized carbons (Fsp3) is 0.125. The van der Waals surface area contributed by atoms with E-state index in [1.807, 2.05) is 0 Å². The quantitative estimate of drug-likeness (QED) is 0.377. The summed E-state index contributed by atoms with van der Waals surface area (Å²) >= 11 is 5.89. The number of hydrogen-bond donors (Lipinski definition) is 1. The molecule has 1 N–H and O–H groups in total. The molecule has 5 nitrogen and oxygen atoms in total. The van der Waals surface area contributed by atoms with Gasteiger partial charge >= 0.3 is 5.97 Å². The second-order valence-electron chi connectivity index (χ2n) is 6.73. The SMILES string of the molecule is O=C(COC(=O)[C@H](CC(=O)c1ccccc1)Nc1ccc(Cl)cc1)c1ccc(F)cc1. The first-order valence-electron chi connectivity index (χ1n) is 9.48. The molecule has 0 amide bonds. The normalized spacial score (nSPS) is 11.4. The maximum atomic E-state index is 13.0. The summed E-state index contributed by atoms with van der Waals surface area (Å²) < 4.78 is 18.2. The number of carbonyl (C=O) groups excluding carboxylic acids is 3. The van der Waals surface area contributed by atoms with E-state index in [0.717, 1.165) is 12.1 Å². The summed E-state index contributed by atoms with van der Waals surface area (Å²) in [5, 5.41) is 3.49. The van der Waals surface area contributed by atoms with Crippen LogP contribution in [0.5, 0.6) is 0 Å². The van der Waals surface area contributed by atoms with Gasteiger partial charge in [-0.15, -0.1) is 0 Å². The highest BCUT2D eigenvalue weighted by atomic mass is 35.5. The average Bonchev–Trinajstić information content (AvgIpc) is 2.79. The lowest BCUT2D eigenvalue weighted by atomic mass is 10.0. The number of halogens is 2. The average molecular weight is 440 g/mol. The Bertz CT molecular complexity index is 1050. The molecule has 0 aromatic heterocycles. The van der Waals surface area contributed by atoms with Gasteiger partial charge in [-0.2, -0.15) is 0 Å². The van der Waals surface area contributed by atoms with Crippen molar-refractivity contribution in [3.05, 3.63) is 101 Å². The molecule has 0 aliphatic heterocycles. The van der Waals surface area contributed by atoms with Gasteiger partial charge in [0.15, 0.2) is 18.2 Å². The van der Waals surface area contributed by atoms with E-state index in [9.17, 15) is 18.8 Å². The van der Waals surface area contributed by atoms with E-state index in [1.54, 1.807) is 54.6 Å². The van der Waals surface area contributed by atoms with Crippen LogP contribution in [0.1, 0.15) is 27.1 Å². The van der Waals surface area contributed by atoms with Crippen molar-refractivity contribution >= 4 is 34.8 Å². The summed E-state index contributed by atoms with van der Waals surface area (Å²) in [6, 6.07) is 19.1. The van der Waals surface area contributed by atoms with Crippen LogP contribution in [-0.2, 0) is 9.53 Å². The van der Waals surface area contributed by atoms with Crippen molar-refractivity contribution in [1.29, 1.82) is 0 Å². The smallest absolute Gasteiger partial charge is 0.329 e. The van der Waals surface area contributed by atoms with E-state index in [-0.39, 0.29) is 17.8 Å². The van der Waals surface area contributed by atoms with Crippen molar-refractivity contribution < 1.29 is 23.5 Å². The van der Waals surface area contributed by atoms with Crippen LogP contribution in [-0.4, -0.2) is 30.2 Å². The van der Waals surface area contributed by atoms with E-state index in [2.05, 4.69) is 5.32 Å². The first-order chi connectivity index (χ1) is 14.9. The van der Waals surface area contributed by atoms with Crippen molar-refractivity contribution in [1.82, 2.24) is 0 Å². The minimum Gasteiger partial charge on any atom is -0.456 e. The molecule has 0 spiro atoms. The number of hydrogen-bond acceptors (Lipinski definition) is 5. The zero-order chi connectivity index (χ0) is 22.2. The maximum absolute atomic E-state index is 13.0. The van der Waals surface area contributed by atoms with Crippen molar-refractivity contribution in [2.24, 2.45) is 0 Å². The van der Waals surface area contributed by atoms with Crippen molar-refractivity contribution in [3.8, 4) is 0 Å². The molecule has 0 radical (unpaired) electrons. The summed E-state index contributed by atoms with van der Waals surface area (Å²) in [5.41, 5.74) is 1.24. The van der Waals surface area contributed by atoms with E-state index in [0.29, 0.717) is 16.3 Å². The number of nitrogens with one attached hydrogen (secondary N) is 1. The van der Waals surface area contributed by atoms with Crippen LogP contribution < -0.4 is 5.32 Å². The molecule has 0 unspecified atom stereocenters. The van der Waals surface area contributed by atoms with Crippen LogP contribution in [0.3, 0.4) is 0 Å². The number of ketones is 2. The van der Waals surface area contributed by atoms with Gasteiger partial charge < -0.3 is 10.1 Å². The molecule has 158 valence electrons. The van der Waals surface area contributed by atoms with Gasteiger partial charge in [0.1, 0.15) is 11.9 Å². The molecule has 3 aromatic carbocycles. The highest BCUT2D eigenvalue weighted by Gasteiger charge is 2.25. The van der Waals surface area contributed by atoms with Gasteiger partial charge in [-0.1, -0.05) is 41.9 Å². The fourth-order valence-corrected chi connectivity index (χ4v) is 2.95. The second-order valence-corrected chi connectivity index (χ2v) is 7.17. The third-order valence-electron chi connectivity index (χ3n) is 4.47. The zero-order valence-corrected chi connectivity index (χ0v) is 17.1. The van der Waals surface area contributed by atoms with Crippen molar-refractivity contribution in [2.75, 3.05) is 11.9 Å². The van der Waals surface area contributed by atoms with E-state index < -0.39 is 30.2 Å². The van der Waals surface area contributed by atoms with Gasteiger partial charge in [-0.3, -0.25) is 9.59 Å². The second kappa shape index (κ2) is 10.5. The molecular formula is C24H19ClFNO4. The van der Waals surface area contributed by atoms with Crippen LogP contribution in [0, 0.1) is 5.82 Å². The molecule has 0 heterocycles. The number of rotatable bonds is 9. The summed E-state index contributed by atoms with van der Waals surface area (Å²) in [7, 11) is 0. The molecule has 0 aliphatic carbocycles. The van der Waals surface area contributed by atoms with Gasteiger partial charge in [0, 0.05) is 28.3 Å². The Morgan fingerprint density at radius 2 is 1.45 bits per heavy atom. The molecule has 0 bridgehead atoms. The predicted molar refractivity (Wildman–Crippen MR) is 116 cm³/mol. The Morgan fingerprint density at radius 3 is 2.10 bits per heavy atom. The maximum Gasteiger partial charge on any atom is 0.329 e. The predicted octanol–water partition coefficient (Wildman–Crippen LogP) is 4.96. The van der Waals surface area contributed by atoms with Crippen LogP contribution in [0.2, 0.25) is 5.02 Å². The molecule has 31 heavy (non-hydrogen) atoms. The zero-order valence-electron chi connectivity index (χ0n) is 16.4. The van der Waals surface area contributed by atoms with Crippen LogP contribution in [0.4, 0.5) is 10.1 Å². The van der Waals surface area contributed by atoms with E-state index in [1.165, 1.54) is 12.1 Å². The lowest BCUT2D eigenvalue weighted by molar-refractivity contribution is -0.143.